The van der Waals surface area contributed by atoms with Crippen molar-refractivity contribution < 1.29 is 37.1 Å². The molecule has 3 N–H and O–H groups in total. The third kappa shape index (κ3) is 7.17. The lowest BCUT2D eigenvalue weighted by atomic mass is 9.98. The van der Waals surface area contributed by atoms with Crippen LogP contribution in [0.2, 0.25) is 0 Å². The van der Waals surface area contributed by atoms with Gasteiger partial charge in [0.1, 0.15) is 35.5 Å². The molecule has 6 atom stereocenters. The van der Waals surface area contributed by atoms with E-state index in [-0.39, 0.29) is 24.8 Å². The number of ether oxygens (including phenoxy) is 2. The highest BCUT2D eigenvalue weighted by molar-refractivity contribution is 7.91. The SMILES string of the molecule is C=C[C@@H]1CC1(NC(=O)[C@@H]1C[C@@H](Oc2nc3ccccc3nc2-c2cccs2)C2CCCCC(NC(=O)OC3CCCC3)C(=O)N21)C(=O)NS(=O)(=O)C1CC1. The molecule has 3 unspecified atom stereocenters. The molecule has 54 heavy (non-hydrogen) atoms. The van der Waals surface area contributed by atoms with Gasteiger partial charge < -0.3 is 25.0 Å². The molecule has 4 heterocycles. The van der Waals surface area contributed by atoms with Crippen molar-refractivity contribution in [2.75, 3.05) is 0 Å². The fourth-order valence-corrected chi connectivity index (χ4v) is 10.2. The van der Waals surface area contributed by atoms with Gasteiger partial charge in [-0.2, -0.15) is 0 Å². The van der Waals surface area contributed by atoms with Crippen molar-refractivity contribution in [3.63, 3.8) is 0 Å². The van der Waals surface area contributed by atoms with Crippen LogP contribution in [0.1, 0.15) is 77.0 Å². The second-order valence-corrected chi connectivity index (χ2v) is 17.9. The Kier molecular flexibility index (Phi) is 9.83. The minimum Gasteiger partial charge on any atom is -0.470 e. The summed E-state index contributed by atoms with van der Waals surface area (Å²) in [7, 11) is -3.90. The zero-order chi connectivity index (χ0) is 37.6. The molecule has 3 aromatic rings. The highest BCUT2D eigenvalue weighted by Gasteiger charge is 2.62. The lowest BCUT2D eigenvalue weighted by Gasteiger charge is -2.36. The van der Waals surface area contributed by atoms with Gasteiger partial charge >= 0.3 is 6.09 Å². The number of fused-ring (bicyclic) bond motifs is 2. The maximum atomic E-state index is 14.6. The lowest BCUT2D eigenvalue weighted by Crippen LogP contribution is -2.60. The summed E-state index contributed by atoms with van der Waals surface area (Å²) in [6, 6.07) is 8.61. The average molecular weight is 777 g/mol. The topological polar surface area (TPSA) is 186 Å². The minimum absolute atomic E-state index is 0.0523. The van der Waals surface area contributed by atoms with Crippen LogP contribution >= 0.6 is 11.3 Å². The predicted molar refractivity (Wildman–Crippen MR) is 200 cm³/mol. The summed E-state index contributed by atoms with van der Waals surface area (Å²) in [6.45, 7) is 3.80. The largest absolute Gasteiger partial charge is 0.470 e. The number of amides is 4. The first kappa shape index (κ1) is 36.4. The van der Waals surface area contributed by atoms with Crippen molar-refractivity contribution in [2.24, 2.45) is 5.92 Å². The number of carbonyl (C=O) groups excluding carboxylic acids is 4. The number of alkyl carbamates (subject to hydrolysis) is 1. The molecule has 2 aliphatic heterocycles. The Labute approximate surface area is 317 Å². The molecule has 2 saturated heterocycles. The van der Waals surface area contributed by atoms with Crippen LogP contribution < -0.4 is 20.1 Å². The number of nitrogens with one attached hydrogen (secondary N) is 3. The van der Waals surface area contributed by atoms with Gasteiger partial charge in [0, 0.05) is 12.3 Å². The number of para-hydroxylation sites is 2. The molecule has 0 spiro atoms. The summed E-state index contributed by atoms with van der Waals surface area (Å²) < 4.78 is 40.1. The Morgan fingerprint density at radius 3 is 2.37 bits per heavy atom. The van der Waals surface area contributed by atoms with Crippen molar-refractivity contribution in [3.8, 4) is 16.5 Å². The van der Waals surface area contributed by atoms with E-state index in [1.807, 2.05) is 41.8 Å². The molecule has 5 fully saturated rings. The van der Waals surface area contributed by atoms with Crippen LogP contribution in [0.5, 0.6) is 5.88 Å². The Balaban J connectivity index is 1.11. The van der Waals surface area contributed by atoms with Crippen molar-refractivity contribution in [3.05, 3.63) is 54.4 Å². The first-order chi connectivity index (χ1) is 26.1. The Morgan fingerprint density at radius 1 is 0.963 bits per heavy atom. The number of hydrogen-bond donors (Lipinski definition) is 3. The van der Waals surface area contributed by atoms with E-state index >= 15 is 0 Å². The molecular weight excluding hydrogens is 733 g/mol. The number of carbonyl (C=O) groups is 4. The Bertz CT molecular complexity index is 2070. The van der Waals surface area contributed by atoms with Gasteiger partial charge in [0.05, 0.1) is 27.2 Å². The van der Waals surface area contributed by atoms with Crippen LogP contribution in [0, 0.1) is 5.92 Å². The summed E-state index contributed by atoms with van der Waals surface area (Å²) in [5, 5.41) is 6.95. The van der Waals surface area contributed by atoms with Gasteiger partial charge in [-0.15, -0.1) is 17.9 Å². The standard InChI is InChI=1S/C38H44N6O8S2/c1-2-22-21-38(22,36(47)43-54(49,50)24-17-18-24)42-33(45)29-20-30(52-34-32(31-16-9-19-53-31)39-25-12-5-6-13-26(25)40-34)28-15-8-7-14-27(35(46)44(28)29)41-37(48)51-23-10-3-4-11-23/h2,5-6,9,12-13,16,19,22-24,27-30H,1,3-4,7-8,10-11,14-15,17-18,20-21H2,(H,41,48)(H,42,45)(H,43,47)/t22-,27?,28?,29+,30-,38?/m1/s1. The minimum atomic E-state index is -3.90. The molecule has 5 aliphatic rings. The highest BCUT2D eigenvalue weighted by atomic mass is 32.2. The molecule has 286 valence electrons. The van der Waals surface area contributed by atoms with Gasteiger partial charge in [0.15, 0.2) is 0 Å². The van der Waals surface area contributed by atoms with Crippen molar-refractivity contribution in [1.82, 2.24) is 30.2 Å². The fraction of sp³-hybridized carbons (Fsp3) is 0.526. The van der Waals surface area contributed by atoms with E-state index in [1.165, 1.54) is 22.3 Å². The van der Waals surface area contributed by atoms with Crippen molar-refractivity contribution in [2.45, 2.75) is 118 Å². The maximum Gasteiger partial charge on any atom is 0.408 e. The second-order valence-electron chi connectivity index (χ2n) is 15.0. The molecule has 1 aromatic carbocycles. The summed E-state index contributed by atoms with van der Waals surface area (Å²) in [4.78, 5) is 67.8. The van der Waals surface area contributed by atoms with E-state index in [0.29, 0.717) is 55.3 Å². The van der Waals surface area contributed by atoms with E-state index < -0.39 is 74.8 Å². The van der Waals surface area contributed by atoms with Crippen LogP contribution in [-0.2, 0) is 29.1 Å². The summed E-state index contributed by atoms with van der Waals surface area (Å²) in [5.41, 5.74) is 0.300. The van der Waals surface area contributed by atoms with Crippen LogP contribution in [0.25, 0.3) is 21.6 Å². The van der Waals surface area contributed by atoms with Crippen molar-refractivity contribution >= 4 is 56.2 Å². The summed E-state index contributed by atoms with van der Waals surface area (Å²) in [6.07, 6.45) is 6.77. The highest BCUT2D eigenvalue weighted by Crippen LogP contribution is 2.46. The zero-order valence-corrected chi connectivity index (χ0v) is 31.4. The predicted octanol–water partition coefficient (Wildman–Crippen LogP) is 4.36. The molecule has 16 heteroatoms. The summed E-state index contributed by atoms with van der Waals surface area (Å²) >= 11 is 1.48. The van der Waals surface area contributed by atoms with E-state index in [1.54, 1.807) is 0 Å². The monoisotopic (exact) mass is 776 g/mol. The zero-order valence-electron chi connectivity index (χ0n) is 29.8. The smallest absolute Gasteiger partial charge is 0.408 e. The summed E-state index contributed by atoms with van der Waals surface area (Å²) in [5.74, 6) is -2.15. The first-order valence-electron chi connectivity index (χ1n) is 18.8. The van der Waals surface area contributed by atoms with Gasteiger partial charge in [-0.1, -0.05) is 37.1 Å². The molecule has 0 radical (unpaired) electrons. The van der Waals surface area contributed by atoms with Crippen LogP contribution in [-0.4, -0.2) is 88.2 Å². The van der Waals surface area contributed by atoms with Gasteiger partial charge in [-0.05, 0) is 81.4 Å². The van der Waals surface area contributed by atoms with E-state index in [0.717, 1.165) is 30.6 Å². The molecule has 3 aliphatic carbocycles. The molecule has 2 aromatic heterocycles. The number of aromatic nitrogens is 2. The number of nitrogens with zero attached hydrogens (tertiary/aromatic N) is 3. The third-order valence-corrected chi connectivity index (χ3v) is 14.0. The molecule has 3 saturated carbocycles. The number of hydrogen-bond acceptors (Lipinski definition) is 11. The van der Waals surface area contributed by atoms with Crippen LogP contribution in [0.4, 0.5) is 4.79 Å². The van der Waals surface area contributed by atoms with E-state index in [4.69, 9.17) is 19.4 Å². The molecular formula is C38H44N6O8S2. The number of benzene rings is 1. The fourth-order valence-electron chi connectivity index (χ4n) is 8.18. The Morgan fingerprint density at radius 2 is 1.69 bits per heavy atom. The van der Waals surface area contributed by atoms with Crippen molar-refractivity contribution in [1.29, 1.82) is 0 Å². The first-order valence-corrected chi connectivity index (χ1v) is 21.3. The van der Waals surface area contributed by atoms with Crippen LogP contribution in [0.15, 0.2) is 54.4 Å². The maximum absolute atomic E-state index is 14.6. The van der Waals surface area contributed by atoms with Gasteiger partial charge in [-0.25, -0.2) is 23.2 Å². The number of rotatable bonds is 11. The van der Waals surface area contributed by atoms with E-state index in [9.17, 15) is 27.6 Å². The lowest BCUT2D eigenvalue weighted by molar-refractivity contribution is -0.144. The van der Waals surface area contributed by atoms with Crippen LogP contribution in [0.3, 0.4) is 0 Å². The van der Waals surface area contributed by atoms with E-state index in [2.05, 4.69) is 21.9 Å². The molecule has 8 rings (SSSR count). The number of sulfonamides is 1. The van der Waals surface area contributed by atoms with Gasteiger partial charge in [-0.3, -0.25) is 19.1 Å². The Hall–Kier alpha value is -4.57. The van der Waals surface area contributed by atoms with Gasteiger partial charge in [0.2, 0.25) is 27.7 Å². The quantitative estimate of drug-likeness (QED) is 0.237. The molecule has 14 nitrogen and oxygen atoms in total. The second kappa shape index (κ2) is 14.6. The average Bonchev–Trinajstić information content (AvgIpc) is 3.93. The molecule has 4 amide bonds. The number of thiophene rings is 1. The molecule has 0 bridgehead atoms. The van der Waals surface area contributed by atoms with Gasteiger partial charge in [0.25, 0.3) is 5.91 Å². The normalized spacial score (nSPS) is 28.4. The third-order valence-electron chi connectivity index (χ3n) is 11.3.